The van der Waals surface area contributed by atoms with Crippen LogP contribution in [0.4, 0.5) is 13.2 Å². The lowest BCUT2D eigenvalue weighted by molar-refractivity contribution is -0.234. The van der Waals surface area contributed by atoms with Gasteiger partial charge in [-0.1, -0.05) is 54.6 Å². The van der Waals surface area contributed by atoms with Crippen LogP contribution in [0.5, 0.6) is 0 Å². The second-order valence-corrected chi connectivity index (χ2v) is 12.9. The van der Waals surface area contributed by atoms with Gasteiger partial charge in [0, 0.05) is 42.8 Å². The van der Waals surface area contributed by atoms with Gasteiger partial charge >= 0.3 is 12.1 Å². The number of carbonyl (C=O) groups excluding carboxylic acids is 1. The molecule has 6 rings (SSSR count). The van der Waals surface area contributed by atoms with Crippen LogP contribution in [-0.2, 0) is 27.3 Å². The molecule has 0 spiro atoms. The summed E-state index contributed by atoms with van der Waals surface area (Å²) in [4.78, 5) is 34.7. The lowest BCUT2D eigenvalue weighted by atomic mass is 9.76. The predicted molar refractivity (Wildman–Crippen MR) is 174 cm³/mol. The summed E-state index contributed by atoms with van der Waals surface area (Å²) in [5.41, 5.74) is 0.725. The molecule has 47 heavy (non-hydrogen) atoms. The number of piperidine rings is 1. The quantitative estimate of drug-likeness (QED) is 0.242. The molecule has 2 N–H and O–H groups in total. The van der Waals surface area contributed by atoms with Crippen LogP contribution in [0.2, 0.25) is 0 Å². The number of aliphatic carboxylic acids is 1. The monoisotopic (exact) mass is 648 g/mol. The third kappa shape index (κ3) is 6.44. The number of halogens is 3. The molecule has 2 saturated heterocycles. The first-order chi connectivity index (χ1) is 22.5. The van der Waals surface area contributed by atoms with Gasteiger partial charge in [-0.25, -0.2) is 4.79 Å². The highest BCUT2D eigenvalue weighted by molar-refractivity contribution is 6.05. The van der Waals surface area contributed by atoms with Gasteiger partial charge in [0.1, 0.15) is 11.5 Å². The molecule has 248 valence electrons. The van der Waals surface area contributed by atoms with Crippen molar-refractivity contribution in [2.45, 2.75) is 50.5 Å². The lowest BCUT2D eigenvalue weighted by Crippen LogP contribution is -2.60. The summed E-state index contributed by atoms with van der Waals surface area (Å²) in [6, 6.07) is 17.7. The van der Waals surface area contributed by atoms with Crippen LogP contribution in [0.25, 0.3) is 32.8 Å². The Kier molecular flexibility index (Phi) is 9.24. The van der Waals surface area contributed by atoms with Gasteiger partial charge in [0.2, 0.25) is 5.91 Å². The van der Waals surface area contributed by atoms with Crippen LogP contribution < -0.4 is 5.32 Å². The second kappa shape index (κ2) is 13.2. The minimum Gasteiger partial charge on any atom is -0.480 e. The topological polar surface area (TPSA) is 95.0 Å². The number of rotatable bonds is 9. The highest BCUT2D eigenvalue weighted by Crippen LogP contribution is 2.47. The molecular weight excluding hydrogens is 609 g/mol. The fourth-order valence-electron chi connectivity index (χ4n) is 7.16. The van der Waals surface area contributed by atoms with Crippen LogP contribution >= 0.6 is 0 Å². The summed E-state index contributed by atoms with van der Waals surface area (Å²) >= 11 is 0. The summed E-state index contributed by atoms with van der Waals surface area (Å²) in [5.74, 6) is -2.68. The average molecular weight is 649 g/mol. The highest BCUT2D eigenvalue weighted by atomic mass is 19.4. The van der Waals surface area contributed by atoms with Gasteiger partial charge in [0.05, 0.1) is 12.3 Å². The first kappa shape index (κ1) is 32.9. The van der Waals surface area contributed by atoms with Gasteiger partial charge in [-0.3, -0.25) is 14.7 Å². The standard InChI is InChI=1S/C36H39F3N4O4/c1-42(2)21-24-7-4-10-29-27(24)12-16-40-32(29)30-11-5-8-26-23(6-3-9-28(26)30)20-31(33(44)45)41-34(46)35(36(37,38)39)14-17-43(18-15-35)25-13-19-47-22-25/h3-12,16,25,31H,13-15,17-22H2,1-2H3,(H,41,46)(H,44,45)/t25-,31+/m1/s1. The van der Waals surface area contributed by atoms with Crippen molar-refractivity contribution in [3.8, 4) is 11.3 Å². The van der Waals surface area contributed by atoms with Crippen molar-refractivity contribution in [3.05, 3.63) is 78.0 Å². The molecule has 1 aromatic heterocycles. The maximum absolute atomic E-state index is 14.6. The number of pyridine rings is 1. The van der Waals surface area contributed by atoms with Crippen molar-refractivity contribution < 1.29 is 32.6 Å². The number of hydrogen-bond donors (Lipinski definition) is 2. The van der Waals surface area contributed by atoms with E-state index in [-0.39, 0.29) is 25.6 Å². The highest BCUT2D eigenvalue weighted by Gasteiger charge is 2.61. The Hall–Kier alpha value is -4.06. The molecule has 0 saturated carbocycles. The Labute approximate surface area is 271 Å². The maximum atomic E-state index is 14.6. The van der Waals surface area contributed by atoms with E-state index in [0.29, 0.717) is 18.8 Å². The zero-order chi connectivity index (χ0) is 33.3. The molecule has 2 fully saturated rings. The summed E-state index contributed by atoms with van der Waals surface area (Å²) in [7, 11) is 4.02. The van der Waals surface area contributed by atoms with Crippen molar-refractivity contribution in [1.82, 2.24) is 20.1 Å². The first-order valence-electron chi connectivity index (χ1n) is 15.9. The molecule has 4 aromatic rings. The third-order valence-corrected chi connectivity index (χ3v) is 9.73. The van der Waals surface area contributed by atoms with E-state index in [4.69, 9.17) is 9.72 Å². The van der Waals surface area contributed by atoms with Gasteiger partial charge in [-0.05, 0) is 79.8 Å². The molecule has 3 heterocycles. The van der Waals surface area contributed by atoms with Gasteiger partial charge in [0.15, 0.2) is 0 Å². The molecule has 0 unspecified atom stereocenters. The van der Waals surface area contributed by atoms with Crippen LogP contribution in [0, 0.1) is 5.41 Å². The van der Waals surface area contributed by atoms with Gasteiger partial charge in [-0.15, -0.1) is 0 Å². The molecule has 8 nitrogen and oxygen atoms in total. The number of ether oxygens (including phenoxy) is 1. The minimum atomic E-state index is -4.83. The number of nitrogens with zero attached hydrogens (tertiary/aromatic N) is 3. The van der Waals surface area contributed by atoms with Crippen LogP contribution in [0.3, 0.4) is 0 Å². The van der Waals surface area contributed by atoms with Crippen LogP contribution in [0.1, 0.15) is 30.4 Å². The molecule has 2 atom stereocenters. The minimum absolute atomic E-state index is 0.0384. The van der Waals surface area contributed by atoms with E-state index in [0.717, 1.165) is 51.3 Å². The summed E-state index contributed by atoms with van der Waals surface area (Å²) in [5, 5.41) is 16.1. The van der Waals surface area contributed by atoms with Crippen molar-refractivity contribution in [3.63, 3.8) is 0 Å². The number of amides is 1. The fraction of sp³-hybridized carbons (Fsp3) is 0.417. The third-order valence-electron chi connectivity index (χ3n) is 9.73. The number of hydrogen-bond acceptors (Lipinski definition) is 6. The molecule has 0 aliphatic carbocycles. The number of nitrogens with one attached hydrogen (secondary N) is 1. The van der Waals surface area contributed by atoms with Crippen LogP contribution in [-0.4, -0.2) is 90.4 Å². The zero-order valence-electron chi connectivity index (χ0n) is 26.5. The van der Waals surface area contributed by atoms with E-state index in [1.807, 2.05) is 61.5 Å². The van der Waals surface area contributed by atoms with E-state index in [1.54, 1.807) is 18.3 Å². The number of carboxylic acid groups (broad SMARTS) is 1. The molecule has 0 radical (unpaired) electrons. The summed E-state index contributed by atoms with van der Waals surface area (Å²) in [6.45, 7) is 1.96. The number of carboxylic acids is 1. The number of aromatic nitrogens is 1. The number of carbonyl (C=O) groups is 2. The van der Waals surface area contributed by atoms with Crippen molar-refractivity contribution >= 4 is 33.4 Å². The smallest absolute Gasteiger partial charge is 0.403 e. The van der Waals surface area contributed by atoms with Crippen molar-refractivity contribution in [2.75, 3.05) is 40.4 Å². The molecular formula is C36H39F3N4O4. The summed E-state index contributed by atoms with van der Waals surface area (Å²) in [6.07, 6.45) is -3.36. The lowest BCUT2D eigenvalue weighted by Gasteiger charge is -2.43. The Bertz CT molecular complexity index is 1780. The Morgan fingerprint density at radius 3 is 2.32 bits per heavy atom. The first-order valence-corrected chi connectivity index (χ1v) is 15.9. The van der Waals surface area contributed by atoms with Crippen molar-refractivity contribution in [1.29, 1.82) is 0 Å². The van der Waals surface area contributed by atoms with Crippen molar-refractivity contribution in [2.24, 2.45) is 5.41 Å². The molecule has 0 bridgehead atoms. The fourth-order valence-corrected chi connectivity index (χ4v) is 7.16. The normalized spacial score (nSPS) is 19.3. The Morgan fingerprint density at radius 1 is 1.00 bits per heavy atom. The van der Waals surface area contributed by atoms with E-state index >= 15 is 0 Å². The van der Waals surface area contributed by atoms with Gasteiger partial charge in [0.25, 0.3) is 0 Å². The van der Waals surface area contributed by atoms with Crippen LogP contribution in [0.15, 0.2) is 66.9 Å². The summed E-state index contributed by atoms with van der Waals surface area (Å²) < 4.78 is 49.1. The maximum Gasteiger partial charge on any atom is 0.403 e. The van der Waals surface area contributed by atoms with Gasteiger partial charge in [-0.2, -0.15) is 13.2 Å². The predicted octanol–water partition coefficient (Wildman–Crippen LogP) is 5.66. The van der Waals surface area contributed by atoms with E-state index < -0.39 is 42.4 Å². The molecule has 11 heteroatoms. The molecule has 2 aliphatic rings. The molecule has 2 aliphatic heterocycles. The number of benzene rings is 3. The largest absolute Gasteiger partial charge is 0.480 e. The SMILES string of the molecule is CN(C)Cc1cccc2c(-c3cccc4c(C[C@H](NC(=O)C5(C(F)(F)F)CCN([C@@H]6CCOC6)CC5)C(=O)O)cccc34)nccc12. The number of fused-ring (bicyclic) bond motifs is 2. The van der Waals surface area contributed by atoms with E-state index in [1.165, 1.54) is 0 Å². The number of alkyl halides is 3. The van der Waals surface area contributed by atoms with Gasteiger partial charge < -0.3 is 20.1 Å². The second-order valence-electron chi connectivity index (χ2n) is 12.9. The Morgan fingerprint density at radius 2 is 1.66 bits per heavy atom. The Balaban J connectivity index is 1.29. The van der Waals surface area contributed by atoms with E-state index in [9.17, 15) is 27.9 Å². The zero-order valence-corrected chi connectivity index (χ0v) is 26.5. The van der Waals surface area contributed by atoms with E-state index in [2.05, 4.69) is 16.3 Å². The molecule has 1 amide bonds. The number of likely N-dealkylation sites (tertiary alicyclic amines) is 1. The molecule has 3 aromatic carbocycles. The average Bonchev–Trinajstić information content (AvgIpc) is 3.59.